The molecule has 0 spiro atoms. The fourth-order valence-corrected chi connectivity index (χ4v) is 2.03. The van der Waals surface area contributed by atoms with Crippen LogP contribution in [0.2, 0.25) is 0 Å². The number of hydrogen-bond acceptors (Lipinski definition) is 6. The van der Waals surface area contributed by atoms with Crippen molar-refractivity contribution >= 4 is 18.0 Å². The van der Waals surface area contributed by atoms with Crippen LogP contribution in [0.15, 0.2) is 30.3 Å². The number of amides is 2. The molecule has 2 atom stereocenters. The first-order valence-corrected chi connectivity index (χ1v) is 8.61. The number of rotatable bonds is 8. The van der Waals surface area contributed by atoms with Crippen molar-refractivity contribution in [2.24, 2.45) is 0 Å². The molecule has 1 aromatic rings. The summed E-state index contributed by atoms with van der Waals surface area (Å²) < 4.78 is 15.3. The van der Waals surface area contributed by atoms with E-state index in [0.717, 1.165) is 5.56 Å². The second kappa shape index (κ2) is 10.5. The molecule has 0 aliphatic heterocycles. The lowest BCUT2D eigenvalue weighted by Crippen LogP contribution is -2.53. The molecule has 150 valence electrons. The molecule has 1 aromatic carbocycles. The van der Waals surface area contributed by atoms with E-state index in [4.69, 9.17) is 14.2 Å². The summed E-state index contributed by atoms with van der Waals surface area (Å²) in [4.78, 5) is 36.3. The molecule has 0 aliphatic carbocycles. The van der Waals surface area contributed by atoms with Gasteiger partial charge in [-0.1, -0.05) is 30.3 Å². The summed E-state index contributed by atoms with van der Waals surface area (Å²) in [5, 5.41) is 4.93. The third-order valence-electron chi connectivity index (χ3n) is 3.28. The summed E-state index contributed by atoms with van der Waals surface area (Å²) in [5.41, 5.74) is 0.139. The van der Waals surface area contributed by atoms with E-state index in [0.29, 0.717) is 0 Å². The van der Waals surface area contributed by atoms with Gasteiger partial charge in [0.2, 0.25) is 5.91 Å². The normalized spacial score (nSPS) is 13.2. The number of alkyl carbamates (subject to hydrolysis) is 1. The fourth-order valence-electron chi connectivity index (χ4n) is 2.03. The first kappa shape index (κ1) is 22.4. The lowest BCUT2D eigenvalue weighted by molar-refractivity contribution is -0.148. The van der Waals surface area contributed by atoms with Gasteiger partial charge in [0.15, 0.2) is 0 Å². The van der Waals surface area contributed by atoms with Gasteiger partial charge in [0.25, 0.3) is 0 Å². The molecule has 2 N–H and O–H groups in total. The van der Waals surface area contributed by atoms with Crippen LogP contribution in [0, 0.1) is 0 Å². The van der Waals surface area contributed by atoms with E-state index in [1.165, 1.54) is 14.0 Å². The maximum Gasteiger partial charge on any atom is 0.408 e. The van der Waals surface area contributed by atoms with E-state index < -0.39 is 35.7 Å². The molecule has 0 heterocycles. The first-order valence-electron chi connectivity index (χ1n) is 8.61. The predicted octanol–water partition coefficient (Wildman–Crippen LogP) is 1.77. The van der Waals surface area contributed by atoms with Gasteiger partial charge >= 0.3 is 12.1 Å². The Kier molecular flexibility index (Phi) is 8.74. The summed E-state index contributed by atoms with van der Waals surface area (Å²) in [6.07, 6.45) is -0.751. The zero-order valence-corrected chi connectivity index (χ0v) is 16.4. The average molecular weight is 380 g/mol. The molecule has 0 radical (unpaired) electrons. The average Bonchev–Trinajstić information content (AvgIpc) is 2.58. The maximum atomic E-state index is 12.4. The highest BCUT2D eigenvalue weighted by Crippen LogP contribution is 2.07. The van der Waals surface area contributed by atoms with Crippen molar-refractivity contribution in [3.8, 4) is 0 Å². The highest BCUT2D eigenvalue weighted by atomic mass is 16.6. The van der Waals surface area contributed by atoms with Gasteiger partial charge in [-0.3, -0.25) is 4.79 Å². The SMILES string of the molecule is COC[C@H](NC(=O)OC(C)(C)C)C(=O)N[C@@H](C)C(=O)OCc1ccccc1. The van der Waals surface area contributed by atoms with Crippen LogP contribution in [-0.2, 0) is 30.4 Å². The maximum absolute atomic E-state index is 12.4. The van der Waals surface area contributed by atoms with E-state index in [-0.39, 0.29) is 13.2 Å². The Labute approximate surface area is 159 Å². The van der Waals surface area contributed by atoms with Crippen molar-refractivity contribution in [3.63, 3.8) is 0 Å². The molecule has 0 bridgehead atoms. The number of carbonyl (C=O) groups excluding carboxylic acids is 3. The van der Waals surface area contributed by atoms with Gasteiger partial charge in [-0.25, -0.2) is 9.59 Å². The highest BCUT2D eigenvalue weighted by Gasteiger charge is 2.27. The molecule has 1 rings (SSSR count). The Morgan fingerprint density at radius 3 is 2.26 bits per heavy atom. The van der Waals surface area contributed by atoms with Gasteiger partial charge in [0, 0.05) is 7.11 Å². The first-order chi connectivity index (χ1) is 12.6. The fraction of sp³-hybridized carbons (Fsp3) is 0.526. The van der Waals surface area contributed by atoms with E-state index in [1.807, 2.05) is 30.3 Å². The van der Waals surface area contributed by atoms with Crippen molar-refractivity contribution in [1.82, 2.24) is 10.6 Å². The minimum Gasteiger partial charge on any atom is -0.459 e. The van der Waals surface area contributed by atoms with Crippen LogP contribution in [-0.4, -0.2) is 49.4 Å². The number of esters is 1. The molecule has 0 aromatic heterocycles. The number of benzene rings is 1. The summed E-state index contributed by atoms with van der Waals surface area (Å²) >= 11 is 0. The number of nitrogens with one attached hydrogen (secondary N) is 2. The molecule has 8 nitrogen and oxygen atoms in total. The molecule has 0 fully saturated rings. The third-order valence-corrected chi connectivity index (χ3v) is 3.28. The van der Waals surface area contributed by atoms with Gasteiger partial charge in [-0.2, -0.15) is 0 Å². The molecule has 2 amide bonds. The van der Waals surface area contributed by atoms with Crippen LogP contribution in [0.4, 0.5) is 4.79 Å². The second-order valence-electron chi connectivity index (χ2n) is 6.98. The van der Waals surface area contributed by atoms with Gasteiger partial charge in [0.05, 0.1) is 6.61 Å². The Morgan fingerprint density at radius 1 is 1.07 bits per heavy atom. The number of hydrogen-bond donors (Lipinski definition) is 2. The molecule has 0 unspecified atom stereocenters. The lowest BCUT2D eigenvalue weighted by Gasteiger charge is -2.23. The molecule has 27 heavy (non-hydrogen) atoms. The Morgan fingerprint density at radius 2 is 1.70 bits per heavy atom. The van der Waals surface area contributed by atoms with E-state index in [1.54, 1.807) is 20.8 Å². The zero-order valence-electron chi connectivity index (χ0n) is 16.4. The molecular weight excluding hydrogens is 352 g/mol. The van der Waals surface area contributed by atoms with Gasteiger partial charge in [-0.05, 0) is 33.3 Å². The van der Waals surface area contributed by atoms with Crippen molar-refractivity contribution in [1.29, 1.82) is 0 Å². The molecular formula is C19H28N2O6. The molecule has 0 aliphatic rings. The molecule has 8 heteroatoms. The number of ether oxygens (including phenoxy) is 3. The Hall–Kier alpha value is -2.61. The number of methoxy groups -OCH3 is 1. The number of carbonyl (C=O) groups is 3. The van der Waals surface area contributed by atoms with Crippen molar-refractivity contribution < 1.29 is 28.6 Å². The van der Waals surface area contributed by atoms with Gasteiger partial charge in [0.1, 0.15) is 24.3 Å². The lowest BCUT2D eigenvalue weighted by atomic mass is 10.2. The summed E-state index contributed by atoms with van der Waals surface area (Å²) in [7, 11) is 1.40. The van der Waals surface area contributed by atoms with Crippen LogP contribution < -0.4 is 10.6 Å². The zero-order chi connectivity index (χ0) is 20.4. The van der Waals surface area contributed by atoms with E-state index in [9.17, 15) is 14.4 Å². The standard InChI is InChI=1S/C19H28N2O6/c1-13(17(23)26-11-14-9-7-6-8-10-14)20-16(22)15(12-25-5)21-18(24)27-19(2,3)4/h6-10,13,15H,11-12H2,1-5H3,(H,20,22)(H,21,24)/t13-,15-/m0/s1. The Balaban J connectivity index is 2.55. The molecule has 0 saturated carbocycles. The minimum atomic E-state index is -1.01. The van der Waals surface area contributed by atoms with E-state index in [2.05, 4.69) is 10.6 Å². The highest BCUT2D eigenvalue weighted by molar-refractivity contribution is 5.89. The van der Waals surface area contributed by atoms with Crippen LogP contribution >= 0.6 is 0 Å². The summed E-state index contributed by atoms with van der Waals surface area (Å²) in [5.74, 6) is -1.16. The van der Waals surface area contributed by atoms with Crippen LogP contribution in [0.25, 0.3) is 0 Å². The largest absolute Gasteiger partial charge is 0.459 e. The topological polar surface area (TPSA) is 103 Å². The van der Waals surface area contributed by atoms with Crippen LogP contribution in [0.3, 0.4) is 0 Å². The second-order valence-corrected chi connectivity index (χ2v) is 6.98. The van der Waals surface area contributed by atoms with Crippen molar-refractivity contribution in [2.75, 3.05) is 13.7 Å². The Bertz CT molecular complexity index is 627. The molecule has 0 saturated heterocycles. The van der Waals surface area contributed by atoms with Crippen LogP contribution in [0.5, 0.6) is 0 Å². The van der Waals surface area contributed by atoms with Crippen LogP contribution in [0.1, 0.15) is 33.3 Å². The summed E-state index contributed by atoms with van der Waals surface area (Å²) in [6, 6.07) is 7.31. The minimum absolute atomic E-state index is 0.0726. The monoisotopic (exact) mass is 380 g/mol. The predicted molar refractivity (Wildman–Crippen MR) is 98.9 cm³/mol. The van der Waals surface area contributed by atoms with Crippen molar-refractivity contribution in [2.45, 2.75) is 52.0 Å². The van der Waals surface area contributed by atoms with Gasteiger partial charge < -0.3 is 24.8 Å². The van der Waals surface area contributed by atoms with E-state index >= 15 is 0 Å². The van der Waals surface area contributed by atoms with Gasteiger partial charge in [-0.15, -0.1) is 0 Å². The summed E-state index contributed by atoms with van der Waals surface area (Å²) in [6.45, 7) is 6.67. The smallest absolute Gasteiger partial charge is 0.408 e. The van der Waals surface area contributed by atoms with Crippen molar-refractivity contribution in [3.05, 3.63) is 35.9 Å². The third kappa shape index (κ3) is 9.05. The quantitative estimate of drug-likeness (QED) is 0.667.